The molecule has 3 fully saturated rings. The largest absolute Gasteiger partial charge is 0.480 e. The predicted molar refractivity (Wildman–Crippen MR) is 121 cm³/mol. The highest BCUT2D eigenvalue weighted by atomic mass is 35.5. The predicted octanol–water partition coefficient (Wildman–Crippen LogP) is 2.44. The van der Waals surface area contributed by atoms with Crippen LogP contribution in [0.4, 0.5) is 0 Å². The van der Waals surface area contributed by atoms with Crippen molar-refractivity contribution in [1.82, 2.24) is 15.6 Å². The van der Waals surface area contributed by atoms with Crippen LogP contribution in [0.1, 0.15) is 73.6 Å². The van der Waals surface area contributed by atoms with Crippen LogP contribution in [0, 0.1) is 0 Å². The molecule has 6 rings (SSSR count). The summed E-state index contributed by atoms with van der Waals surface area (Å²) in [6.07, 6.45) is 2.15. The molecular formula is C24H28ClN3O6. The third-order valence-electron chi connectivity index (χ3n) is 7.48. The van der Waals surface area contributed by atoms with Crippen molar-refractivity contribution in [3.63, 3.8) is 0 Å². The number of hydrogen-bond donors (Lipinski definition) is 4. The first-order valence-corrected chi connectivity index (χ1v) is 12.0. The van der Waals surface area contributed by atoms with Crippen LogP contribution >= 0.6 is 11.6 Å². The summed E-state index contributed by atoms with van der Waals surface area (Å²) in [7, 11) is 0. The molecule has 2 bridgehead atoms. The lowest BCUT2D eigenvalue weighted by Crippen LogP contribution is -2.70. The van der Waals surface area contributed by atoms with Crippen LogP contribution in [-0.4, -0.2) is 50.3 Å². The van der Waals surface area contributed by atoms with Gasteiger partial charge in [-0.25, -0.2) is 4.98 Å². The fraction of sp³-hybridized carbons (Fsp3) is 0.542. The maximum Gasteiger partial charge on any atom is 0.289 e. The van der Waals surface area contributed by atoms with E-state index in [4.69, 9.17) is 20.8 Å². The van der Waals surface area contributed by atoms with Gasteiger partial charge in [0.15, 0.2) is 12.0 Å². The molecule has 1 aromatic heterocycles. The second-order valence-electron chi connectivity index (χ2n) is 9.61. The first-order chi connectivity index (χ1) is 16.2. The van der Waals surface area contributed by atoms with Crippen molar-refractivity contribution in [2.75, 3.05) is 0 Å². The molecule has 2 amide bonds. The van der Waals surface area contributed by atoms with Crippen LogP contribution in [0.25, 0.3) is 0 Å². The first-order valence-electron chi connectivity index (χ1n) is 11.6. The normalized spacial score (nSPS) is 31.9. The lowest BCUT2D eigenvalue weighted by molar-refractivity contribution is -0.136. The van der Waals surface area contributed by atoms with E-state index in [0.717, 1.165) is 0 Å². The van der Waals surface area contributed by atoms with E-state index in [1.807, 2.05) is 6.92 Å². The molecule has 0 radical (unpaired) electrons. The SMILES string of the molecule is CCc1ncc(C(=O)NC23CCC(NC(=O)[C@H]4C[C@@H](O)c5cc(Cl)ccc5O4)(CC2)C[C@@H]3O)o1. The van der Waals surface area contributed by atoms with Crippen molar-refractivity contribution < 1.29 is 29.0 Å². The van der Waals surface area contributed by atoms with Gasteiger partial charge in [0.25, 0.3) is 11.8 Å². The number of aliphatic hydroxyl groups is 2. The fourth-order valence-electron chi connectivity index (χ4n) is 5.45. The zero-order chi connectivity index (χ0) is 24.1. The van der Waals surface area contributed by atoms with Crippen molar-refractivity contribution in [2.24, 2.45) is 0 Å². The quantitative estimate of drug-likeness (QED) is 0.506. The van der Waals surface area contributed by atoms with E-state index < -0.39 is 35.3 Å². The monoisotopic (exact) mass is 489 g/mol. The first kappa shape index (κ1) is 23.1. The van der Waals surface area contributed by atoms with Gasteiger partial charge < -0.3 is 30.0 Å². The van der Waals surface area contributed by atoms with E-state index in [0.29, 0.717) is 60.8 Å². The molecule has 4 N–H and O–H groups in total. The zero-order valence-electron chi connectivity index (χ0n) is 18.8. The van der Waals surface area contributed by atoms with Crippen molar-refractivity contribution in [1.29, 1.82) is 0 Å². The number of nitrogens with one attached hydrogen (secondary N) is 2. The molecule has 3 atom stereocenters. The molecular weight excluding hydrogens is 462 g/mol. The minimum absolute atomic E-state index is 0.120. The number of rotatable bonds is 5. The number of fused-ring (bicyclic) bond motifs is 4. The van der Waals surface area contributed by atoms with E-state index in [1.54, 1.807) is 18.2 Å². The fourth-order valence-corrected chi connectivity index (χ4v) is 5.63. The van der Waals surface area contributed by atoms with E-state index in [-0.39, 0.29) is 18.1 Å². The summed E-state index contributed by atoms with van der Waals surface area (Å²) >= 11 is 6.01. The summed E-state index contributed by atoms with van der Waals surface area (Å²) in [6.45, 7) is 1.89. The standard InChI is InChI=1S/C24H28ClN3O6/c1-2-20-26-12-18(34-20)22(32)28-24-7-5-23(6-8-24,11-19(24)30)27-21(31)17-10-15(29)14-9-13(25)3-4-16(14)33-17/h3-4,9,12,15,17,19,29-30H,2,5-8,10-11H2,1H3,(H,27,31)(H,28,32)/t15-,17-,19+,23?,24?/m1/s1. The Morgan fingerprint density at radius 2 is 1.97 bits per heavy atom. The molecule has 34 heavy (non-hydrogen) atoms. The second-order valence-corrected chi connectivity index (χ2v) is 10.0. The van der Waals surface area contributed by atoms with Crippen molar-refractivity contribution >= 4 is 23.4 Å². The molecule has 2 aromatic rings. The highest BCUT2D eigenvalue weighted by molar-refractivity contribution is 6.30. The number of nitrogens with zero attached hydrogens (tertiary/aromatic N) is 1. The number of aromatic nitrogens is 1. The number of ether oxygens (including phenoxy) is 1. The average Bonchev–Trinajstić information content (AvgIpc) is 3.30. The maximum atomic E-state index is 13.1. The van der Waals surface area contributed by atoms with Gasteiger partial charge in [0.05, 0.1) is 23.9 Å². The van der Waals surface area contributed by atoms with Crippen LogP contribution in [-0.2, 0) is 11.2 Å². The summed E-state index contributed by atoms with van der Waals surface area (Å²) in [6, 6.07) is 4.95. The van der Waals surface area contributed by atoms with Gasteiger partial charge in [-0.2, -0.15) is 0 Å². The molecule has 4 aliphatic rings. The smallest absolute Gasteiger partial charge is 0.289 e. The molecule has 0 spiro atoms. The van der Waals surface area contributed by atoms with Crippen LogP contribution in [0.5, 0.6) is 5.75 Å². The Kier molecular flexibility index (Phi) is 5.82. The Balaban J connectivity index is 1.24. The molecule has 182 valence electrons. The number of aliphatic hydroxyl groups excluding tert-OH is 2. The summed E-state index contributed by atoms with van der Waals surface area (Å²) in [5.74, 6) is 0.335. The van der Waals surface area contributed by atoms with Crippen molar-refractivity contribution in [3.8, 4) is 5.75 Å². The van der Waals surface area contributed by atoms with Crippen LogP contribution in [0.15, 0.2) is 28.8 Å². The van der Waals surface area contributed by atoms with Crippen LogP contribution < -0.4 is 15.4 Å². The summed E-state index contributed by atoms with van der Waals surface area (Å²) in [5, 5.41) is 28.0. The molecule has 1 aromatic carbocycles. The Labute approximate surface area is 201 Å². The third kappa shape index (κ3) is 4.06. The number of halogens is 1. The number of hydrogen-bond acceptors (Lipinski definition) is 7. The van der Waals surface area contributed by atoms with Crippen LogP contribution in [0.3, 0.4) is 0 Å². The Morgan fingerprint density at radius 1 is 1.21 bits per heavy atom. The molecule has 0 saturated heterocycles. The number of benzene rings is 1. The van der Waals surface area contributed by atoms with Crippen molar-refractivity contribution in [2.45, 2.75) is 81.3 Å². The highest BCUT2D eigenvalue weighted by Gasteiger charge is 2.56. The number of carbonyl (C=O) groups excluding carboxylic acids is 2. The lowest BCUT2D eigenvalue weighted by Gasteiger charge is -2.56. The van der Waals surface area contributed by atoms with Gasteiger partial charge in [-0.15, -0.1) is 0 Å². The summed E-state index contributed by atoms with van der Waals surface area (Å²) < 4.78 is 11.3. The van der Waals surface area contributed by atoms with Gasteiger partial charge in [0.2, 0.25) is 5.76 Å². The van der Waals surface area contributed by atoms with Gasteiger partial charge in [-0.3, -0.25) is 9.59 Å². The van der Waals surface area contributed by atoms with E-state index in [9.17, 15) is 19.8 Å². The summed E-state index contributed by atoms with van der Waals surface area (Å²) in [5.41, 5.74) is -0.781. The highest BCUT2D eigenvalue weighted by Crippen LogP contribution is 2.47. The molecule has 3 aliphatic carbocycles. The molecule has 3 saturated carbocycles. The van der Waals surface area contributed by atoms with Gasteiger partial charge >= 0.3 is 0 Å². The van der Waals surface area contributed by atoms with Crippen molar-refractivity contribution in [3.05, 3.63) is 46.6 Å². The van der Waals surface area contributed by atoms with E-state index in [2.05, 4.69) is 15.6 Å². The van der Waals surface area contributed by atoms with Gasteiger partial charge in [0, 0.05) is 29.0 Å². The maximum absolute atomic E-state index is 13.1. The molecule has 9 nitrogen and oxygen atoms in total. The molecule has 10 heteroatoms. The second kappa shape index (κ2) is 8.55. The Morgan fingerprint density at radius 3 is 2.65 bits per heavy atom. The number of carbonyl (C=O) groups is 2. The molecule has 1 aliphatic heterocycles. The van der Waals surface area contributed by atoms with Gasteiger partial charge in [0.1, 0.15) is 5.75 Å². The average molecular weight is 490 g/mol. The Bertz CT molecular complexity index is 1110. The lowest BCUT2D eigenvalue weighted by atomic mass is 9.59. The third-order valence-corrected chi connectivity index (χ3v) is 7.72. The van der Waals surface area contributed by atoms with Gasteiger partial charge in [-0.1, -0.05) is 18.5 Å². The molecule has 2 heterocycles. The molecule has 0 unspecified atom stereocenters. The Hall–Kier alpha value is -2.62. The van der Waals surface area contributed by atoms with E-state index in [1.165, 1.54) is 6.20 Å². The number of oxazole rings is 1. The summed E-state index contributed by atoms with van der Waals surface area (Å²) in [4.78, 5) is 29.9. The minimum atomic E-state index is -0.855. The topological polar surface area (TPSA) is 134 Å². The minimum Gasteiger partial charge on any atom is -0.480 e. The van der Waals surface area contributed by atoms with E-state index >= 15 is 0 Å². The number of aryl methyl sites for hydroxylation is 1. The van der Waals surface area contributed by atoms with Gasteiger partial charge in [-0.05, 0) is 50.3 Å². The number of amides is 2. The zero-order valence-corrected chi connectivity index (χ0v) is 19.6. The van der Waals surface area contributed by atoms with Crippen LogP contribution in [0.2, 0.25) is 5.02 Å².